The summed E-state index contributed by atoms with van der Waals surface area (Å²) in [7, 11) is 1.68. The maximum Gasteiger partial charge on any atom is 0.161 e. The highest BCUT2D eigenvalue weighted by Crippen LogP contribution is 2.29. The van der Waals surface area contributed by atoms with Crippen LogP contribution < -0.4 is 9.47 Å². The molecule has 0 spiro atoms. The van der Waals surface area contributed by atoms with Gasteiger partial charge in [0.1, 0.15) is 12.7 Å². The lowest BCUT2D eigenvalue weighted by molar-refractivity contribution is 0.0464. The van der Waals surface area contributed by atoms with Crippen LogP contribution in [-0.4, -0.2) is 92.0 Å². The highest BCUT2D eigenvalue weighted by molar-refractivity contribution is 5.43. The van der Waals surface area contributed by atoms with Gasteiger partial charge in [-0.3, -0.25) is 9.80 Å². The van der Waals surface area contributed by atoms with Gasteiger partial charge in [0.15, 0.2) is 11.5 Å². The summed E-state index contributed by atoms with van der Waals surface area (Å²) >= 11 is 0. The fourth-order valence-corrected chi connectivity index (χ4v) is 4.31. The Morgan fingerprint density at radius 3 is 2.24 bits per heavy atom. The van der Waals surface area contributed by atoms with E-state index in [0.717, 1.165) is 45.0 Å². The number of aliphatic hydroxyl groups excluding tert-OH is 1. The molecule has 0 radical (unpaired) electrons. The largest absolute Gasteiger partial charge is 0.493 e. The van der Waals surface area contributed by atoms with Gasteiger partial charge in [-0.25, -0.2) is 0 Å². The lowest BCUT2D eigenvalue weighted by Gasteiger charge is -2.34. The fraction of sp³-hybridized carbons (Fsp3) is 0.739. The van der Waals surface area contributed by atoms with E-state index in [9.17, 15) is 5.11 Å². The summed E-state index contributed by atoms with van der Waals surface area (Å²) in [6.45, 7) is 11.8. The molecule has 0 bridgehead atoms. The summed E-state index contributed by atoms with van der Waals surface area (Å²) < 4.78 is 11.5. The topological polar surface area (TPSA) is 48.4 Å². The Morgan fingerprint density at radius 1 is 0.897 bits per heavy atom. The molecule has 6 heteroatoms. The van der Waals surface area contributed by atoms with Gasteiger partial charge in [-0.1, -0.05) is 25.8 Å². The van der Waals surface area contributed by atoms with Crippen LogP contribution in [0.15, 0.2) is 18.2 Å². The smallest absolute Gasteiger partial charge is 0.161 e. The van der Waals surface area contributed by atoms with E-state index in [0.29, 0.717) is 12.3 Å². The van der Waals surface area contributed by atoms with Gasteiger partial charge in [0.25, 0.3) is 0 Å². The second-order valence-electron chi connectivity index (χ2n) is 8.38. The molecule has 2 saturated heterocycles. The number of nitrogens with zero attached hydrogens (tertiary/aromatic N) is 3. The van der Waals surface area contributed by atoms with E-state index in [4.69, 9.17) is 9.47 Å². The third kappa shape index (κ3) is 7.14. The van der Waals surface area contributed by atoms with Crippen LogP contribution >= 0.6 is 0 Å². The van der Waals surface area contributed by atoms with Crippen molar-refractivity contribution in [2.45, 2.75) is 45.3 Å². The Bertz CT molecular complexity index is 597. The van der Waals surface area contributed by atoms with Crippen molar-refractivity contribution in [1.29, 1.82) is 0 Å². The van der Waals surface area contributed by atoms with Crippen molar-refractivity contribution in [3.05, 3.63) is 23.8 Å². The number of aliphatic hydroxyl groups is 1. The molecule has 2 fully saturated rings. The maximum atomic E-state index is 10.4. The van der Waals surface area contributed by atoms with Crippen LogP contribution in [0.25, 0.3) is 0 Å². The predicted molar refractivity (Wildman–Crippen MR) is 117 cm³/mol. The molecule has 1 aromatic rings. The Hall–Kier alpha value is -1.34. The summed E-state index contributed by atoms with van der Waals surface area (Å²) in [6.07, 6.45) is 4.80. The Balaban J connectivity index is 1.47. The lowest BCUT2D eigenvalue weighted by Crippen LogP contribution is -2.49. The zero-order chi connectivity index (χ0) is 20.5. The number of hydrogen-bond donors (Lipinski definition) is 1. The molecule has 1 atom stereocenters. The molecule has 164 valence electrons. The van der Waals surface area contributed by atoms with Crippen LogP contribution in [0.2, 0.25) is 0 Å². The van der Waals surface area contributed by atoms with E-state index in [-0.39, 0.29) is 6.61 Å². The highest BCUT2D eigenvalue weighted by Gasteiger charge is 2.19. The average Bonchev–Trinajstić information content (AvgIpc) is 3.02. The van der Waals surface area contributed by atoms with Gasteiger partial charge in [0.2, 0.25) is 0 Å². The third-order valence-electron chi connectivity index (χ3n) is 6.15. The van der Waals surface area contributed by atoms with Crippen LogP contribution in [0.1, 0.15) is 38.2 Å². The number of rotatable bonds is 9. The molecule has 0 aliphatic carbocycles. The number of methoxy groups -OCH3 is 1. The lowest BCUT2D eigenvalue weighted by atomic mass is 10.2. The number of benzene rings is 1. The second kappa shape index (κ2) is 11.7. The van der Waals surface area contributed by atoms with E-state index >= 15 is 0 Å². The first-order valence-electron chi connectivity index (χ1n) is 11.3. The summed E-state index contributed by atoms with van der Waals surface area (Å²) in [5, 5.41) is 10.4. The van der Waals surface area contributed by atoms with Gasteiger partial charge in [-0.05, 0) is 50.2 Å². The van der Waals surface area contributed by atoms with E-state index in [1.54, 1.807) is 7.11 Å². The van der Waals surface area contributed by atoms with Gasteiger partial charge < -0.3 is 19.5 Å². The number of likely N-dealkylation sites (N-methyl/N-ethyl adjacent to an activating group) is 1. The zero-order valence-electron chi connectivity index (χ0n) is 18.3. The summed E-state index contributed by atoms with van der Waals surface area (Å²) in [6, 6.07) is 6.19. The Labute approximate surface area is 176 Å². The summed E-state index contributed by atoms with van der Waals surface area (Å²) in [4.78, 5) is 7.30. The van der Waals surface area contributed by atoms with E-state index in [2.05, 4.69) is 33.8 Å². The minimum Gasteiger partial charge on any atom is -0.493 e. The fourth-order valence-electron chi connectivity index (χ4n) is 4.31. The van der Waals surface area contributed by atoms with Gasteiger partial charge in [0, 0.05) is 39.3 Å². The normalized spacial score (nSPS) is 20.9. The summed E-state index contributed by atoms with van der Waals surface area (Å²) in [5.74, 6) is 1.46. The number of β-amino-alcohol motifs (C(OH)–C–C–N with tert-alkyl or cyclic N) is 1. The molecule has 1 aromatic carbocycles. The molecule has 1 N–H and O–H groups in total. The molecule has 2 aliphatic heterocycles. The van der Waals surface area contributed by atoms with Crippen LogP contribution in [-0.2, 0) is 6.54 Å². The molecule has 6 nitrogen and oxygen atoms in total. The molecule has 0 saturated carbocycles. The van der Waals surface area contributed by atoms with E-state index < -0.39 is 6.10 Å². The molecule has 29 heavy (non-hydrogen) atoms. The molecular formula is C23H39N3O3. The van der Waals surface area contributed by atoms with Crippen LogP contribution in [0.3, 0.4) is 0 Å². The summed E-state index contributed by atoms with van der Waals surface area (Å²) in [5.41, 5.74) is 1.26. The van der Waals surface area contributed by atoms with Crippen LogP contribution in [0.5, 0.6) is 11.5 Å². The number of hydrogen-bond acceptors (Lipinski definition) is 6. The Kier molecular flexibility index (Phi) is 9.05. The van der Waals surface area contributed by atoms with Crippen molar-refractivity contribution >= 4 is 0 Å². The molecule has 0 unspecified atom stereocenters. The monoisotopic (exact) mass is 405 g/mol. The standard InChI is InChI=1S/C23H39N3O3/c1-3-24-12-14-26(15-13-24)18-21(27)19-29-22-9-8-20(16-23(22)28-2)17-25-10-6-4-5-7-11-25/h8-9,16,21,27H,3-7,10-15,17-19H2,1-2H3/t21-/m0/s1. The van der Waals surface area contributed by atoms with Crippen molar-refractivity contribution < 1.29 is 14.6 Å². The van der Waals surface area contributed by atoms with Crippen molar-refractivity contribution in [2.75, 3.05) is 66.1 Å². The molecule has 0 aromatic heterocycles. The van der Waals surface area contributed by atoms with Crippen LogP contribution in [0, 0.1) is 0 Å². The SMILES string of the molecule is CCN1CCN(C[C@H](O)COc2ccc(CN3CCCCCC3)cc2OC)CC1. The molecule has 3 rings (SSSR count). The molecular weight excluding hydrogens is 366 g/mol. The molecule has 0 amide bonds. The average molecular weight is 406 g/mol. The van der Waals surface area contributed by atoms with Crippen molar-refractivity contribution in [3.63, 3.8) is 0 Å². The quantitative estimate of drug-likeness (QED) is 0.681. The van der Waals surface area contributed by atoms with Gasteiger partial charge in [-0.15, -0.1) is 0 Å². The number of likely N-dealkylation sites (tertiary alicyclic amines) is 1. The third-order valence-corrected chi connectivity index (χ3v) is 6.15. The minimum atomic E-state index is -0.496. The van der Waals surface area contributed by atoms with Crippen molar-refractivity contribution in [1.82, 2.24) is 14.7 Å². The van der Waals surface area contributed by atoms with E-state index in [1.165, 1.54) is 44.3 Å². The van der Waals surface area contributed by atoms with Gasteiger partial charge >= 0.3 is 0 Å². The number of piperazine rings is 1. The molecule has 2 heterocycles. The van der Waals surface area contributed by atoms with E-state index in [1.807, 2.05) is 6.07 Å². The van der Waals surface area contributed by atoms with Crippen molar-refractivity contribution in [2.24, 2.45) is 0 Å². The first kappa shape index (κ1) is 22.3. The first-order chi connectivity index (χ1) is 14.2. The maximum absolute atomic E-state index is 10.4. The predicted octanol–water partition coefficient (Wildman–Crippen LogP) is 2.45. The second-order valence-corrected chi connectivity index (χ2v) is 8.38. The Morgan fingerprint density at radius 2 is 1.59 bits per heavy atom. The number of ether oxygens (including phenoxy) is 2. The molecule has 2 aliphatic rings. The highest BCUT2D eigenvalue weighted by atomic mass is 16.5. The van der Waals surface area contributed by atoms with Crippen LogP contribution in [0.4, 0.5) is 0 Å². The van der Waals surface area contributed by atoms with Gasteiger partial charge in [-0.2, -0.15) is 0 Å². The van der Waals surface area contributed by atoms with Gasteiger partial charge in [0.05, 0.1) is 7.11 Å². The first-order valence-corrected chi connectivity index (χ1v) is 11.3. The zero-order valence-corrected chi connectivity index (χ0v) is 18.3. The van der Waals surface area contributed by atoms with Crippen molar-refractivity contribution in [3.8, 4) is 11.5 Å². The minimum absolute atomic E-state index is 0.288.